The minimum atomic E-state index is 0.00122. The standard InChI is InChI=1S/C11H13BrINO/c1-8(6-12)7-14-11(15)9-3-2-4-10(13)5-9/h2-5,8H,6-7H2,1H3,(H,14,15). The predicted molar refractivity (Wildman–Crippen MR) is 74.5 cm³/mol. The van der Waals surface area contributed by atoms with Crippen molar-refractivity contribution < 1.29 is 4.79 Å². The van der Waals surface area contributed by atoms with Crippen LogP contribution in [0.4, 0.5) is 0 Å². The number of halogens is 2. The van der Waals surface area contributed by atoms with E-state index < -0.39 is 0 Å². The van der Waals surface area contributed by atoms with Crippen LogP contribution in [0.3, 0.4) is 0 Å². The van der Waals surface area contributed by atoms with Gasteiger partial charge in [0, 0.05) is 21.0 Å². The highest BCUT2D eigenvalue weighted by Gasteiger charge is 2.06. The van der Waals surface area contributed by atoms with Gasteiger partial charge in [0.15, 0.2) is 0 Å². The first-order chi connectivity index (χ1) is 7.13. The highest BCUT2D eigenvalue weighted by Crippen LogP contribution is 2.07. The molecule has 0 spiro atoms. The summed E-state index contributed by atoms with van der Waals surface area (Å²) in [7, 11) is 0. The number of nitrogens with one attached hydrogen (secondary N) is 1. The van der Waals surface area contributed by atoms with E-state index in [2.05, 4.69) is 50.8 Å². The molecule has 1 rings (SSSR count). The van der Waals surface area contributed by atoms with Gasteiger partial charge >= 0.3 is 0 Å². The quantitative estimate of drug-likeness (QED) is 0.630. The molecule has 2 nitrogen and oxygen atoms in total. The minimum absolute atomic E-state index is 0.00122. The fourth-order valence-corrected chi connectivity index (χ4v) is 1.83. The third-order valence-corrected chi connectivity index (χ3v) is 3.74. The second kappa shape index (κ2) is 6.48. The molecule has 1 aromatic rings. The van der Waals surface area contributed by atoms with E-state index in [1.54, 1.807) is 0 Å². The van der Waals surface area contributed by atoms with Crippen molar-refractivity contribution in [2.45, 2.75) is 6.92 Å². The van der Waals surface area contributed by atoms with Gasteiger partial charge in [-0.3, -0.25) is 4.79 Å². The molecule has 0 saturated heterocycles. The first-order valence-electron chi connectivity index (χ1n) is 4.73. The van der Waals surface area contributed by atoms with Crippen LogP contribution in [0.1, 0.15) is 17.3 Å². The molecule has 15 heavy (non-hydrogen) atoms. The SMILES string of the molecule is CC(CBr)CNC(=O)c1cccc(I)c1. The molecule has 1 N–H and O–H groups in total. The average molecular weight is 382 g/mol. The molecule has 0 aliphatic carbocycles. The van der Waals surface area contributed by atoms with Crippen LogP contribution in [-0.2, 0) is 0 Å². The Kier molecular flexibility index (Phi) is 5.60. The Balaban J connectivity index is 2.54. The Labute approximate surface area is 112 Å². The number of carbonyl (C=O) groups excluding carboxylic acids is 1. The summed E-state index contributed by atoms with van der Waals surface area (Å²) in [5.41, 5.74) is 0.726. The number of hydrogen-bond acceptors (Lipinski definition) is 1. The molecule has 0 fully saturated rings. The lowest BCUT2D eigenvalue weighted by Gasteiger charge is -2.09. The minimum Gasteiger partial charge on any atom is -0.352 e. The fourth-order valence-electron chi connectivity index (χ4n) is 1.05. The third-order valence-electron chi connectivity index (χ3n) is 1.96. The Morgan fingerprint density at radius 2 is 2.33 bits per heavy atom. The zero-order valence-corrected chi connectivity index (χ0v) is 12.2. The van der Waals surface area contributed by atoms with E-state index in [9.17, 15) is 4.79 Å². The van der Waals surface area contributed by atoms with E-state index in [0.717, 1.165) is 14.5 Å². The van der Waals surface area contributed by atoms with Crippen LogP contribution in [0.5, 0.6) is 0 Å². The molecule has 0 heterocycles. The van der Waals surface area contributed by atoms with Crippen molar-refractivity contribution in [3.63, 3.8) is 0 Å². The monoisotopic (exact) mass is 381 g/mol. The highest BCUT2D eigenvalue weighted by molar-refractivity contribution is 14.1. The summed E-state index contributed by atoms with van der Waals surface area (Å²) in [5, 5.41) is 3.81. The average Bonchev–Trinajstić information content (AvgIpc) is 2.25. The molecular formula is C11H13BrINO. The third kappa shape index (κ3) is 4.51. The second-order valence-corrected chi connectivity index (χ2v) is 5.37. The highest BCUT2D eigenvalue weighted by atomic mass is 127. The Morgan fingerprint density at radius 3 is 2.93 bits per heavy atom. The van der Waals surface area contributed by atoms with Gasteiger partial charge in [-0.25, -0.2) is 0 Å². The Hall–Kier alpha value is -0.100. The van der Waals surface area contributed by atoms with Gasteiger partial charge < -0.3 is 5.32 Å². The van der Waals surface area contributed by atoms with Crippen LogP contribution in [-0.4, -0.2) is 17.8 Å². The molecule has 0 saturated carbocycles. The van der Waals surface area contributed by atoms with Crippen molar-refractivity contribution in [1.29, 1.82) is 0 Å². The molecule has 0 aromatic heterocycles. The van der Waals surface area contributed by atoms with Crippen LogP contribution in [0.25, 0.3) is 0 Å². The van der Waals surface area contributed by atoms with E-state index >= 15 is 0 Å². The van der Waals surface area contributed by atoms with Gasteiger partial charge in [0.1, 0.15) is 0 Å². The topological polar surface area (TPSA) is 29.1 Å². The van der Waals surface area contributed by atoms with Crippen molar-refractivity contribution in [1.82, 2.24) is 5.32 Å². The summed E-state index contributed by atoms with van der Waals surface area (Å²) >= 11 is 5.58. The van der Waals surface area contributed by atoms with Crippen molar-refractivity contribution in [2.75, 3.05) is 11.9 Å². The van der Waals surface area contributed by atoms with Crippen LogP contribution >= 0.6 is 38.5 Å². The predicted octanol–water partition coefficient (Wildman–Crippen LogP) is 3.05. The number of rotatable bonds is 4. The lowest BCUT2D eigenvalue weighted by Crippen LogP contribution is -2.28. The second-order valence-electron chi connectivity index (χ2n) is 3.48. The lowest BCUT2D eigenvalue weighted by molar-refractivity contribution is 0.0949. The normalized spacial score (nSPS) is 12.2. The van der Waals surface area contributed by atoms with Gasteiger partial charge in [0.2, 0.25) is 0 Å². The first-order valence-corrected chi connectivity index (χ1v) is 6.93. The van der Waals surface area contributed by atoms with Gasteiger partial charge in [0.25, 0.3) is 5.91 Å². The summed E-state index contributed by atoms with van der Waals surface area (Å²) < 4.78 is 1.08. The molecule has 0 bridgehead atoms. The molecule has 0 aliphatic heterocycles. The zero-order valence-electron chi connectivity index (χ0n) is 8.47. The van der Waals surface area contributed by atoms with Crippen LogP contribution < -0.4 is 5.32 Å². The Morgan fingerprint density at radius 1 is 1.60 bits per heavy atom. The summed E-state index contributed by atoms with van der Waals surface area (Å²) in [6, 6.07) is 7.58. The van der Waals surface area contributed by atoms with E-state index in [1.165, 1.54) is 0 Å². The van der Waals surface area contributed by atoms with Crippen molar-refractivity contribution >= 4 is 44.4 Å². The van der Waals surface area contributed by atoms with Gasteiger partial charge in [-0.2, -0.15) is 0 Å². The number of amides is 1. The van der Waals surface area contributed by atoms with Crippen molar-refractivity contribution in [3.8, 4) is 0 Å². The summed E-state index contributed by atoms with van der Waals surface area (Å²) in [4.78, 5) is 11.7. The maximum Gasteiger partial charge on any atom is 0.251 e. The van der Waals surface area contributed by atoms with E-state index in [1.807, 2.05) is 24.3 Å². The number of carbonyl (C=O) groups is 1. The van der Waals surface area contributed by atoms with Crippen LogP contribution in [0.15, 0.2) is 24.3 Å². The molecule has 0 radical (unpaired) electrons. The van der Waals surface area contributed by atoms with E-state index in [4.69, 9.17) is 0 Å². The molecule has 1 unspecified atom stereocenters. The van der Waals surface area contributed by atoms with Crippen LogP contribution in [0, 0.1) is 9.49 Å². The number of benzene rings is 1. The van der Waals surface area contributed by atoms with Crippen molar-refractivity contribution in [3.05, 3.63) is 33.4 Å². The van der Waals surface area contributed by atoms with Gasteiger partial charge in [-0.1, -0.05) is 28.9 Å². The van der Waals surface area contributed by atoms with Gasteiger partial charge in [-0.05, 0) is 46.7 Å². The lowest BCUT2D eigenvalue weighted by atomic mass is 10.2. The molecule has 4 heteroatoms. The molecule has 1 atom stereocenters. The maximum absolute atomic E-state index is 11.7. The van der Waals surface area contributed by atoms with E-state index in [-0.39, 0.29) is 5.91 Å². The largest absolute Gasteiger partial charge is 0.352 e. The molecule has 0 aliphatic rings. The molecule has 1 amide bonds. The first kappa shape index (κ1) is 13.0. The summed E-state index contributed by atoms with van der Waals surface area (Å²) in [5.74, 6) is 0.457. The summed E-state index contributed by atoms with van der Waals surface area (Å²) in [6.45, 7) is 2.79. The number of alkyl halides is 1. The molecule has 1 aromatic carbocycles. The number of hydrogen-bond donors (Lipinski definition) is 1. The maximum atomic E-state index is 11.7. The van der Waals surface area contributed by atoms with Crippen molar-refractivity contribution in [2.24, 2.45) is 5.92 Å². The van der Waals surface area contributed by atoms with Crippen LogP contribution in [0.2, 0.25) is 0 Å². The smallest absolute Gasteiger partial charge is 0.251 e. The Bertz CT molecular complexity index is 343. The molecule has 82 valence electrons. The van der Waals surface area contributed by atoms with Gasteiger partial charge in [-0.15, -0.1) is 0 Å². The van der Waals surface area contributed by atoms with Gasteiger partial charge in [0.05, 0.1) is 0 Å². The summed E-state index contributed by atoms with van der Waals surface area (Å²) in [6.07, 6.45) is 0. The zero-order chi connectivity index (χ0) is 11.3. The molecular weight excluding hydrogens is 369 g/mol. The van der Waals surface area contributed by atoms with E-state index in [0.29, 0.717) is 12.5 Å². The fraction of sp³-hybridized carbons (Fsp3) is 0.364.